The molecule has 1 aromatic rings. The maximum atomic E-state index is 12.1. The second-order valence-corrected chi connectivity index (χ2v) is 6.99. The summed E-state index contributed by atoms with van der Waals surface area (Å²) < 4.78 is 1.12. The molecule has 3 nitrogen and oxygen atoms in total. The summed E-state index contributed by atoms with van der Waals surface area (Å²) in [5, 5.41) is 8.49. The normalized spacial score (nSPS) is 18.2. The number of hydrogen-bond donors (Lipinski definition) is 2. The molecular formula is C14H21BrN2OS. The van der Waals surface area contributed by atoms with Gasteiger partial charge < -0.3 is 10.6 Å². The zero-order valence-corrected chi connectivity index (χ0v) is 13.6. The van der Waals surface area contributed by atoms with E-state index >= 15 is 0 Å². The average Bonchev–Trinajstić information content (AvgIpc) is 2.82. The minimum absolute atomic E-state index is 0.125. The van der Waals surface area contributed by atoms with E-state index in [9.17, 15) is 4.79 Å². The SMILES string of the molecule is CC(NCc1sccc1Br)C(=O)NC1CCCCC1. The van der Waals surface area contributed by atoms with E-state index in [1.165, 1.54) is 24.1 Å². The van der Waals surface area contributed by atoms with Crippen molar-refractivity contribution in [1.82, 2.24) is 10.6 Å². The van der Waals surface area contributed by atoms with E-state index in [0.29, 0.717) is 6.04 Å². The van der Waals surface area contributed by atoms with Gasteiger partial charge in [-0.15, -0.1) is 11.3 Å². The molecule has 1 aliphatic carbocycles. The topological polar surface area (TPSA) is 41.1 Å². The molecule has 1 saturated carbocycles. The van der Waals surface area contributed by atoms with Crippen molar-refractivity contribution >= 4 is 33.2 Å². The molecule has 5 heteroatoms. The van der Waals surface area contributed by atoms with Crippen LogP contribution in [0.3, 0.4) is 0 Å². The molecule has 0 saturated heterocycles. The van der Waals surface area contributed by atoms with E-state index < -0.39 is 0 Å². The smallest absolute Gasteiger partial charge is 0.237 e. The third kappa shape index (κ3) is 4.58. The molecule has 1 aliphatic rings. The molecule has 1 heterocycles. The predicted molar refractivity (Wildman–Crippen MR) is 83.3 cm³/mol. The van der Waals surface area contributed by atoms with E-state index in [1.54, 1.807) is 11.3 Å². The maximum Gasteiger partial charge on any atom is 0.237 e. The Hall–Kier alpha value is -0.390. The first kappa shape index (κ1) is 15.0. The summed E-state index contributed by atoms with van der Waals surface area (Å²) in [7, 11) is 0. The minimum atomic E-state index is -0.143. The number of thiophene rings is 1. The van der Waals surface area contributed by atoms with Crippen molar-refractivity contribution in [2.45, 2.75) is 57.7 Å². The maximum absolute atomic E-state index is 12.1. The third-order valence-electron chi connectivity index (χ3n) is 3.60. The molecule has 1 fully saturated rings. The minimum Gasteiger partial charge on any atom is -0.352 e. The van der Waals surface area contributed by atoms with Gasteiger partial charge in [0.2, 0.25) is 5.91 Å². The molecule has 19 heavy (non-hydrogen) atoms. The van der Waals surface area contributed by atoms with Gasteiger partial charge in [-0.3, -0.25) is 4.79 Å². The van der Waals surface area contributed by atoms with Crippen LogP contribution in [0, 0.1) is 0 Å². The summed E-state index contributed by atoms with van der Waals surface area (Å²) in [6.45, 7) is 2.66. The Labute approximate surface area is 127 Å². The van der Waals surface area contributed by atoms with Crippen LogP contribution in [0.5, 0.6) is 0 Å². The summed E-state index contributed by atoms with van der Waals surface area (Å²) >= 11 is 5.20. The Bertz CT molecular complexity index is 415. The molecule has 0 radical (unpaired) electrons. The Morgan fingerprint density at radius 1 is 1.47 bits per heavy atom. The molecule has 1 aromatic heterocycles. The van der Waals surface area contributed by atoms with Crippen molar-refractivity contribution in [3.05, 3.63) is 20.8 Å². The number of amides is 1. The van der Waals surface area contributed by atoms with Gasteiger partial charge in [0, 0.05) is 21.9 Å². The van der Waals surface area contributed by atoms with Gasteiger partial charge in [-0.2, -0.15) is 0 Å². The largest absolute Gasteiger partial charge is 0.352 e. The highest BCUT2D eigenvalue weighted by Gasteiger charge is 2.19. The summed E-state index contributed by atoms with van der Waals surface area (Å²) in [5.41, 5.74) is 0. The predicted octanol–water partition coefficient (Wildman–Crippen LogP) is 3.44. The number of nitrogens with one attached hydrogen (secondary N) is 2. The highest BCUT2D eigenvalue weighted by atomic mass is 79.9. The second-order valence-electron chi connectivity index (χ2n) is 5.14. The fourth-order valence-electron chi connectivity index (χ4n) is 2.36. The van der Waals surface area contributed by atoms with E-state index in [0.717, 1.165) is 23.9 Å². The molecule has 0 aliphatic heterocycles. The lowest BCUT2D eigenvalue weighted by Gasteiger charge is -2.24. The standard InChI is InChI=1S/C14H21BrN2OS/c1-10(16-9-13-12(15)7-8-19-13)14(18)17-11-5-3-2-4-6-11/h7-8,10-11,16H,2-6,9H2,1H3,(H,17,18). The van der Waals surface area contributed by atoms with Gasteiger partial charge in [-0.25, -0.2) is 0 Å². The van der Waals surface area contributed by atoms with Crippen molar-refractivity contribution in [2.75, 3.05) is 0 Å². The number of halogens is 1. The molecule has 2 rings (SSSR count). The fourth-order valence-corrected chi connectivity index (χ4v) is 3.81. The molecule has 106 valence electrons. The van der Waals surface area contributed by atoms with Gasteiger partial charge in [-0.05, 0) is 47.1 Å². The summed E-state index contributed by atoms with van der Waals surface area (Å²) in [6, 6.07) is 2.28. The Kier molecular flexibility index (Phi) is 5.85. The second kappa shape index (κ2) is 7.41. The molecule has 0 bridgehead atoms. The van der Waals surface area contributed by atoms with Crippen molar-refractivity contribution in [1.29, 1.82) is 0 Å². The van der Waals surface area contributed by atoms with Gasteiger partial charge in [-0.1, -0.05) is 19.3 Å². The molecule has 0 aromatic carbocycles. The Morgan fingerprint density at radius 3 is 2.84 bits per heavy atom. The molecule has 2 N–H and O–H groups in total. The fraction of sp³-hybridized carbons (Fsp3) is 0.643. The third-order valence-corrected chi connectivity index (χ3v) is 5.53. The van der Waals surface area contributed by atoms with Crippen LogP contribution < -0.4 is 10.6 Å². The van der Waals surface area contributed by atoms with E-state index in [1.807, 2.05) is 18.4 Å². The first-order valence-corrected chi connectivity index (χ1v) is 8.59. The number of hydrogen-bond acceptors (Lipinski definition) is 3. The van der Waals surface area contributed by atoms with Crippen LogP contribution in [0.2, 0.25) is 0 Å². The summed E-state index contributed by atoms with van der Waals surface area (Å²) in [5.74, 6) is 0.125. The van der Waals surface area contributed by atoms with Crippen LogP contribution in [0.25, 0.3) is 0 Å². The number of carbonyl (C=O) groups is 1. The zero-order chi connectivity index (χ0) is 13.7. The summed E-state index contributed by atoms with van der Waals surface area (Å²) in [4.78, 5) is 13.3. The zero-order valence-electron chi connectivity index (χ0n) is 11.2. The lowest BCUT2D eigenvalue weighted by molar-refractivity contribution is -0.123. The number of rotatable bonds is 5. The van der Waals surface area contributed by atoms with Gasteiger partial charge in [0.1, 0.15) is 0 Å². The van der Waals surface area contributed by atoms with Gasteiger partial charge in [0.05, 0.1) is 6.04 Å². The van der Waals surface area contributed by atoms with Crippen molar-refractivity contribution in [3.63, 3.8) is 0 Å². The van der Waals surface area contributed by atoms with Crippen LogP contribution in [0.4, 0.5) is 0 Å². The van der Waals surface area contributed by atoms with Crippen molar-refractivity contribution < 1.29 is 4.79 Å². The van der Waals surface area contributed by atoms with E-state index in [2.05, 4.69) is 26.6 Å². The van der Waals surface area contributed by atoms with Crippen LogP contribution in [-0.4, -0.2) is 18.0 Å². The summed E-state index contributed by atoms with van der Waals surface area (Å²) in [6.07, 6.45) is 6.07. The van der Waals surface area contributed by atoms with E-state index in [4.69, 9.17) is 0 Å². The lowest BCUT2D eigenvalue weighted by atomic mass is 9.95. The van der Waals surface area contributed by atoms with Crippen LogP contribution in [-0.2, 0) is 11.3 Å². The number of carbonyl (C=O) groups excluding carboxylic acids is 1. The van der Waals surface area contributed by atoms with Crippen LogP contribution in [0.1, 0.15) is 43.9 Å². The van der Waals surface area contributed by atoms with Gasteiger partial charge >= 0.3 is 0 Å². The van der Waals surface area contributed by atoms with Crippen molar-refractivity contribution in [3.8, 4) is 0 Å². The highest BCUT2D eigenvalue weighted by molar-refractivity contribution is 9.10. The molecule has 0 spiro atoms. The lowest BCUT2D eigenvalue weighted by Crippen LogP contribution is -2.46. The molecule has 1 unspecified atom stereocenters. The monoisotopic (exact) mass is 344 g/mol. The quantitative estimate of drug-likeness (QED) is 0.858. The molecule has 1 amide bonds. The first-order valence-electron chi connectivity index (χ1n) is 6.92. The average molecular weight is 345 g/mol. The van der Waals surface area contributed by atoms with Gasteiger partial charge in [0.25, 0.3) is 0 Å². The molecular weight excluding hydrogens is 324 g/mol. The Balaban J connectivity index is 1.74. The Morgan fingerprint density at radius 2 is 2.21 bits per heavy atom. The van der Waals surface area contributed by atoms with Crippen molar-refractivity contribution in [2.24, 2.45) is 0 Å². The highest BCUT2D eigenvalue weighted by Crippen LogP contribution is 2.22. The van der Waals surface area contributed by atoms with Gasteiger partial charge in [0.15, 0.2) is 0 Å². The molecule has 1 atom stereocenters. The van der Waals surface area contributed by atoms with Crippen LogP contribution in [0.15, 0.2) is 15.9 Å². The first-order chi connectivity index (χ1) is 9.16. The van der Waals surface area contributed by atoms with Crippen LogP contribution >= 0.6 is 27.3 Å². The van der Waals surface area contributed by atoms with E-state index in [-0.39, 0.29) is 11.9 Å².